The fourth-order valence-corrected chi connectivity index (χ4v) is 5.07. The van der Waals surface area contributed by atoms with Gasteiger partial charge < -0.3 is 15.5 Å². The molecule has 1 aliphatic carbocycles. The van der Waals surface area contributed by atoms with Crippen LogP contribution in [0.25, 0.3) is 10.9 Å². The number of benzene rings is 1. The molecule has 29 heavy (non-hydrogen) atoms. The monoisotopic (exact) mass is 429 g/mol. The van der Waals surface area contributed by atoms with E-state index in [0.717, 1.165) is 59.5 Å². The second kappa shape index (κ2) is 9.28. The van der Waals surface area contributed by atoms with Crippen LogP contribution in [0.5, 0.6) is 0 Å². The van der Waals surface area contributed by atoms with Crippen molar-refractivity contribution in [2.24, 2.45) is 5.92 Å². The van der Waals surface area contributed by atoms with Crippen molar-refractivity contribution in [1.29, 1.82) is 0 Å². The molecule has 0 atom stereocenters. The zero-order chi connectivity index (χ0) is 20.2. The lowest BCUT2D eigenvalue weighted by atomic mass is 9.86. The van der Waals surface area contributed by atoms with Gasteiger partial charge in [0.2, 0.25) is 5.95 Å². The average Bonchev–Trinajstić information content (AvgIpc) is 3.13. The number of nitrogens with one attached hydrogen (secondary N) is 2. The van der Waals surface area contributed by atoms with Crippen molar-refractivity contribution < 1.29 is 0 Å². The lowest BCUT2D eigenvalue weighted by Crippen LogP contribution is -2.31. The zero-order valence-electron chi connectivity index (χ0n) is 17.0. The van der Waals surface area contributed by atoms with Crippen LogP contribution in [0.1, 0.15) is 30.6 Å². The molecule has 1 saturated carbocycles. The largest absolute Gasteiger partial charge is 0.362 e. The Morgan fingerprint density at radius 1 is 1.10 bits per heavy atom. The predicted octanol–water partition coefficient (Wildman–Crippen LogP) is 5.17. The van der Waals surface area contributed by atoms with Crippen LogP contribution in [0.3, 0.4) is 0 Å². The van der Waals surface area contributed by atoms with Crippen LogP contribution in [0.2, 0.25) is 5.02 Å². The lowest BCUT2D eigenvalue weighted by molar-refractivity contribution is 0.324. The number of rotatable bonds is 7. The van der Waals surface area contributed by atoms with Crippen LogP contribution in [0, 0.1) is 5.92 Å². The summed E-state index contributed by atoms with van der Waals surface area (Å²) in [5, 5.41) is 11.2. The molecule has 5 nitrogen and oxygen atoms in total. The maximum Gasteiger partial charge on any atom is 0.225 e. The number of anilines is 2. The van der Waals surface area contributed by atoms with Crippen LogP contribution in [0.15, 0.2) is 35.7 Å². The van der Waals surface area contributed by atoms with E-state index in [0.29, 0.717) is 6.04 Å². The van der Waals surface area contributed by atoms with E-state index in [-0.39, 0.29) is 0 Å². The van der Waals surface area contributed by atoms with Gasteiger partial charge in [0.15, 0.2) is 0 Å². The van der Waals surface area contributed by atoms with E-state index in [4.69, 9.17) is 21.6 Å². The first-order chi connectivity index (χ1) is 14.1. The number of hydrogen-bond acceptors (Lipinski definition) is 6. The van der Waals surface area contributed by atoms with Crippen LogP contribution < -0.4 is 15.5 Å². The van der Waals surface area contributed by atoms with Crippen molar-refractivity contribution in [3.63, 3.8) is 0 Å². The van der Waals surface area contributed by atoms with Crippen molar-refractivity contribution in [1.82, 2.24) is 15.3 Å². The molecule has 4 rings (SSSR count). The molecule has 7 heteroatoms. The minimum absolute atomic E-state index is 0.439. The molecule has 2 N–H and O–H groups in total. The third-order valence-corrected chi connectivity index (χ3v) is 6.98. The van der Waals surface area contributed by atoms with Crippen molar-refractivity contribution in [3.05, 3.63) is 45.6 Å². The van der Waals surface area contributed by atoms with Crippen molar-refractivity contribution in [2.45, 2.75) is 38.3 Å². The van der Waals surface area contributed by atoms with Gasteiger partial charge in [0.25, 0.3) is 0 Å². The van der Waals surface area contributed by atoms with E-state index in [2.05, 4.69) is 27.7 Å². The van der Waals surface area contributed by atoms with Gasteiger partial charge >= 0.3 is 0 Å². The summed E-state index contributed by atoms with van der Waals surface area (Å²) < 4.78 is 0. The van der Waals surface area contributed by atoms with E-state index in [1.54, 1.807) is 11.3 Å². The van der Waals surface area contributed by atoms with Gasteiger partial charge in [-0.1, -0.05) is 23.7 Å². The van der Waals surface area contributed by atoms with Gasteiger partial charge in [-0.15, -0.1) is 11.3 Å². The second-order valence-electron chi connectivity index (χ2n) is 7.97. The Morgan fingerprint density at radius 3 is 2.62 bits per heavy atom. The summed E-state index contributed by atoms with van der Waals surface area (Å²) in [6.45, 7) is 1.92. The molecule has 0 saturated heterocycles. The number of halogens is 1. The maximum atomic E-state index is 6.17. The van der Waals surface area contributed by atoms with Crippen molar-refractivity contribution >= 4 is 45.6 Å². The topological polar surface area (TPSA) is 53.1 Å². The highest BCUT2D eigenvalue weighted by Crippen LogP contribution is 2.28. The van der Waals surface area contributed by atoms with Gasteiger partial charge in [-0.05, 0) is 61.7 Å². The summed E-state index contributed by atoms with van der Waals surface area (Å²) in [4.78, 5) is 12.8. The van der Waals surface area contributed by atoms with Crippen LogP contribution in [-0.2, 0) is 6.54 Å². The van der Waals surface area contributed by atoms with E-state index in [1.165, 1.54) is 17.7 Å². The van der Waals surface area contributed by atoms with E-state index in [1.807, 2.05) is 37.7 Å². The number of aromatic nitrogens is 2. The number of hydrogen-bond donors (Lipinski definition) is 2. The highest BCUT2D eigenvalue weighted by molar-refractivity contribution is 7.10. The Labute approximate surface area is 181 Å². The molecule has 0 radical (unpaired) electrons. The molecule has 0 aliphatic heterocycles. The molecule has 0 spiro atoms. The average molecular weight is 430 g/mol. The minimum Gasteiger partial charge on any atom is -0.362 e. The van der Waals surface area contributed by atoms with E-state index in [9.17, 15) is 0 Å². The summed E-state index contributed by atoms with van der Waals surface area (Å²) >= 11 is 7.89. The summed E-state index contributed by atoms with van der Waals surface area (Å²) in [5.74, 6) is 2.42. The standard InChI is InChI=1S/C22H28ClN5S/c1-28(2)21-17-5-3-4-6-19(17)26-22(27-21)25-16-9-7-15(8-10-16)13-24-14-20-18(23)11-12-29-20/h3-6,11-12,15-16,24H,7-10,13-14H2,1-2H3,(H,25,26,27). The smallest absolute Gasteiger partial charge is 0.225 e. The molecule has 154 valence electrons. The Bertz CT molecular complexity index is 949. The maximum absolute atomic E-state index is 6.17. The molecular weight excluding hydrogens is 402 g/mol. The van der Waals surface area contributed by atoms with E-state index >= 15 is 0 Å². The molecule has 2 heterocycles. The fourth-order valence-electron chi connectivity index (χ4n) is 4.00. The van der Waals surface area contributed by atoms with Crippen LogP contribution in [0.4, 0.5) is 11.8 Å². The fraction of sp³-hybridized carbons (Fsp3) is 0.455. The number of para-hydroxylation sites is 1. The second-order valence-corrected chi connectivity index (χ2v) is 9.37. The lowest BCUT2D eigenvalue weighted by Gasteiger charge is -2.29. The van der Waals surface area contributed by atoms with Gasteiger partial charge in [0.05, 0.1) is 10.5 Å². The van der Waals surface area contributed by atoms with Gasteiger partial charge in [0, 0.05) is 36.9 Å². The SMILES string of the molecule is CN(C)c1nc(NC2CCC(CNCc3sccc3Cl)CC2)nc2ccccc12. The molecule has 0 unspecified atom stereocenters. The molecule has 2 aromatic heterocycles. The summed E-state index contributed by atoms with van der Waals surface area (Å²) in [7, 11) is 4.06. The summed E-state index contributed by atoms with van der Waals surface area (Å²) in [5.41, 5.74) is 0.985. The number of fused-ring (bicyclic) bond motifs is 1. The third-order valence-electron chi connectivity index (χ3n) is 5.60. The quantitative estimate of drug-likeness (QED) is 0.542. The first kappa shape index (κ1) is 20.4. The van der Waals surface area contributed by atoms with Crippen molar-refractivity contribution in [2.75, 3.05) is 30.9 Å². The third kappa shape index (κ3) is 5.00. The Kier molecular flexibility index (Phi) is 6.53. The zero-order valence-corrected chi connectivity index (χ0v) is 18.6. The summed E-state index contributed by atoms with van der Waals surface area (Å²) in [6, 6.07) is 10.6. The van der Waals surface area contributed by atoms with E-state index < -0.39 is 0 Å². The molecule has 0 amide bonds. The summed E-state index contributed by atoms with van der Waals surface area (Å²) in [6.07, 6.45) is 4.74. The highest BCUT2D eigenvalue weighted by atomic mass is 35.5. The number of thiophene rings is 1. The molecule has 1 fully saturated rings. The van der Waals surface area contributed by atoms with Gasteiger partial charge in [-0.2, -0.15) is 4.98 Å². The van der Waals surface area contributed by atoms with Crippen LogP contribution >= 0.6 is 22.9 Å². The number of nitrogens with zero attached hydrogens (tertiary/aromatic N) is 3. The molecule has 3 aromatic rings. The van der Waals surface area contributed by atoms with Crippen molar-refractivity contribution in [3.8, 4) is 0 Å². The molecule has 1 aromatic carbocycles. The first-order valence-corrected chi connectivity index (χ1v) is 11.5. The molecule has 0 bridgehead atoms. The van der Waals surface area contributed by atoms with Crippen LogP contribution in [-0.4, -0.2) is 36.6 Å². The Balaban J connectivity index is 1.31. The van der Waals surface area contributed by atoms with Gasteiger partial charge in [0.1, 0.15) is 5.82 Å². The minimum atomic E-state index is 0.439. The van der Waals surface area contributed by atoms with Gasteiger partial charge in [-0.25, -0.2) is 4.98 Å². The first-order valence-electron chi connectivity index (χ1n) is 10.2. The van der Waals surface area contributed by atoms with Gasteiger partial charge in [-0.3, -0.25) is 0 Å². The highest BCUT2D eigenvalue weighted by Gasteiger charge is 2.22. The normalized spacial score (nSPS) is 19.4. The molecular formula is C22H28ClN5S. The molecule has 1 aliphatic rings. The Morgan fingerprint density at radius 2 is 1.90 bits per heavy atom. The Hall–Kier alpha value is -1.89. The predicted molar refractivity (Wildman–Crippen MR) is 124 cm³/mol.